The maximum Gasteiger partial charge on any atom is 0.315 e. The summed E-state index contributed by atoms with van der Waals surface area (Å²) in [7, 11) is 0. The summed E-state index contributed by atoms with van der Waals surface area (Å²) < 4.78 is 0. The Balaban J connectivity index is 2.29. The number of carbonyl (C=O) groups is 1. The van der Waals surface area contributed by atoms with Gasteiger partial charge in [-0.2, -0.15) is 0 Å². The van der Waals surface area contributed by atoms with Crippen molar-refractivity contribution in [3.05, 3.63) is 16.1 Å². The maximum atomic E-state index is 11.5. The Kier molecular flexibility index (Phi) is 5.93. The van der Waals surface area contributed by atoms with Gasteiger partial charge in [-0.3, -0.25) is 0 Å². The smallest absolute Gasteiger partial charge is 0.315 e. The second-order valence-corrected chi connectivity index (χ2v) is 5.11. The van der Waals surface area contributed by atoms with Crippen LogP contribution in [-0.2, 0) is 6.54 Å². The van der Waals surface area contributed by atoms with Crippen molar-refractivity contribution in [1.29, 1.82) is 0 Å². The minimum atomic E-state index is -0.198. The molecule has 0 aromatic carbocycles. The molecule has 0 bridgehead atoms. The van der Waals surface area contributed by atoms with E-state index in [-0.39, 0.29) is 18.7 Å². The SMILES string of the molecule is CCC(CCO)NC(=O)NCc1cnc(C)s1. The summed E-state index contributed by atoms with van der Waals surface area (Å²) in [5, 5.41) is 15.4. The Morgan fingerprint density at radius 2 is 2.41 bits per heavy atom. The van der Waals surface area contributed by atoms with Crippen LogP contribution in [0.15, 0.2) is 6.20 Å². The number of aromatic nitrogens is 1. The van der Waals surface area contributed by atoms with Crippen molar-refractivity contribution in [3.8, 4) is 0 Å². The molecule has 0 aliphatic heterocycles. The van der Waals surface area contributed by atoms with Crippen LogP contribution in [0.25, 0.3) is 0 Å². The molecule has 1 aromatic heterocycles. The predicted molar refractivity (Wildman–Crippen MR) is 68.0 cm³/mol. The van der Waals surface area contributed by atoms with Gasteiger partial charge in [-0.15, -0.1) is 11.3 Å². The fourth-order valence-corrected chi connectivity index (χ4v) is 2.16. The first-order valence-electron chi connectivity index (χ1n) is 5.72. The fourth-order valence-electron chi connectivity index (χ4n) is 1.43. The van der Waals surface area contributed by atoms with Gasteiger partial charge < -0.3 is 15.7 Å². The normalized spacial score (nSPS) is 12.2. The molecule has 1 rings (SSSR count). The Morgan fingerprint density at radius 1 is 1.65 bits per heavy atom. The molecule has 1 unspecified atom stereocenters. The predicted octanol–water partition coefficient (Wildman–Crippen LogP) is 1.41. The summed E-state index contributed by atoms with van der Waals surface area (Å²) in [5.74, 6) is 0. The minimum absolute atomic E-state index is 0.0307. The number of rotatable bonds is 6. The first-order chi connectivity index (χ1) is 8.15. The molecule has 0 fully saturated rings. The van der Waals surface area contributed by atoms with E-state index in [2.05, 4.69) is 15.6 Å². The molecule has 3 N–H and O–H groups in total. The van der Waals surface area contributed by atoms with Crippen LogP contribution in [0.5, 0.6) is 0 Å². The number of aryl methyl sites for hydroxylation is 1. The third-order valence-corrected chi connectivity index (χ3v) is 3.31. The summed E-state index contributed by atoms with van der Waals surface area (Å²) >= 11 is 1.57. The van der Waals surface area contributed by atoms with Crippen molar-refractivity contribution in [1.82, 2.24) is 15.6 Å². The number of aliphatic hydroxyl groups is 1. The topological polar surface area (TPSA) is 74.2 Å². The Labute approximate surface area is 105 Å². The van der Waals surface area contributed by atoms with Crippen LogP contribution in [0.2, 0.25) is 0 Å². The maximum absolute atomic E-state index is 11.5. The molecule has 96 valence electrons. The molecule has 0 aliphatic carbocycles. The van der Waals surface area contributed by atoms with Crippen molar-refractivity contribution in [2.45, 2.75) is 39.3 Å². The Morgan fingerprint density at radius 3 is 2.94 bits per heavy atom. The van der Waals surface area contributed by atoms with Crippen LogP contribution in [0.1, 0.15) is 29.7 Å². The summed E-state index contributed by atoms with van der Waals surface area (Å²) in [6, 6.07) is -0.167. The number of nitrogens with zero attached hydrogens (tertiary/aromatic N) is 1. The van der Waals surface area contributed by atoms with Crippen LogP contribution < -0.4 is 10.6 Å². The van der Waals surface area contributed by atoms with Crippen LogP contribution in [-0.4, -0.2) is 28.8 Å². The monoisotopic (exact) mass is 257 g/mol. The molecule has 1 atom stereocenters. The number of thiazole rings is 1. The third-order valence-electron chi connectivity index (χ3n) is 2.40. The minimum Gasteiger partial charge on any atom is -0.396 e. The molecule has 1 aromatic rings. The van der Waals surface area contributed by atoms with Gasteiger partial charge in [0.25, 0.3) is 0 Å². The van der Waals surface area contributed by atoms with Gasteiger partial charge in [-0.05, 0) is 19.8 Å². The number of hydrogen-bond donors (Lipinski definition) is 3. The van der Waals surface area contributed by atoms with Gasteiger partial charge in [-0.25, -0.2) is 9.78 Å². The van der Waals surface area contributed by atoms with Crippen molar-refractivity contribution in [3.63, 3.8) is 0 Å². The average molecular weight is 257 g/mol. The highest BCUT2D eigenvalue weighted by molar-refractivity contribution is 7.11. The lowest BCUT2D eigenvalue weighted by Gasteiger charge is -2.15. The van der Waals surface area contributed by atoms with E-state index in [1.807, 2.05) is 13.8 Å². The fraction of sp³-hybridized carbons (Fsp3) is 0.636. The first-order valence-corrected chi connectivity index (χ1v) is 6.53. The number of carbonyl (C=O) groups excluding carboxylic acids is 1. The first kappa shape index (κ1) is 13.9. The number of urea groups is 1. The molecular weight excluding hydrogens is 238 g/mol. The van der Waals surface area contributed by atoms with Gasteiger partial charge in [-0.1, -0.05) is 6.92 Å². The quantitative estimate of drug-likeness (QED) is 0.721. The van der Waals surface area contributed by atoms with E-state index in [0.717, 1.165) is 16.3 Å². The molecule has 6 heteroatoms. The zero-order chi connectivity index (χ0) is 12.7. The Hall–Kier alpha value is -1.14. The highest BCUT2D eigenvalue weighted by Crippen LogP contribution is 2.10. The molecule has 0 saturated carbocycles. The molecular formula is C11H19N3O2S. The van der Waals surface area contributed by atoms with E-state index in [0.29, 0.717) is 13.0 Å². The summed E-state index contributed by atoms with van der Waals surface area (Å²) in [6.45, 7) is 4.50. The molecule has 0 saturated heterocycles. The van der Waals surface area contributed by atoms with Gasteiger partial charge in [0.1, 0.15) is 0 Å². The largest absolute Gasteiger partial charge is 0.396 e. The number of aliphatic hydroxyl groups excluding tert-OH is 1. The second-order valence-electron chi connectivity index (χ2n) is 3.79. The van der Waals surface area contributed by atoms with Crippen molar-refractivity contribution < 1.29 is 9.90 Å². The van der Waals surface area contributed by atoms with Crippen LogP contribution in [0.4, 0.5) is 4.79 Å². The van der Waals surface area contributed by atoms with E-state index >= 15 is 0 Å². The van der Waals surface area contributed by atoms with Crippen molar-refractivity contribution >= 4 is 17.4 Å². The molecule has 0 aliphatic rings. The van der Waals surface area contributed by atoms with E-state index < -0.39 is 0 Å². The van der Waals surface area contributed by atoms with Crippen LogP contribution in [0, 0.1) is 6.92 Å². The Bertz CT molecular complexity index is 354. The molecule has 1 heterocycles. The third kappa shape index (κ3) is 5.14. The van der Waals surface area contributed by atoms with Gasteiger partial charge in [0, 0.05) is 23.7 Å². The summed E-state index contributed by atoms with van der Waals surface area (Å²) in [6.07, 6.45) is 3.17. The second kappa shape index (κ2) is 7.24. The molecule has 2 amide bonds. The van der Waals surface area contributed by atoms with Crippen LogP contribution >= 0.6 is 11.3 Å². The standard InChI is InChI=1S/C11H19N3O2S/c1-3-9(4-5-15)14-11(16)13-7-10-6-12-8(2)17-10/h6,9,15H,3-5,7H2,1-2H3,(H2,13,14,16). The zero-order valence-electron chi connectivity index (χ0n) is 10.2. The van der Waals surface area contributed by atoms with E-state index in [4.69, 9.17) is 5.11 Å². The molecule has 5 nitrogen and oxygen atoms in total. The van der Waals surface area contributed by atoms with Crippen LogP contribution in [0.3, 0.4) is 0 Å². The lowest BCUT2D eigenvalue weighted by atomic mass is 10.2. The number of amides is 2. The average Bonchev–Trinajstić information content (AvgIpc) is 2.72. The van der Waals surface area contributed by atoms with Crippen molar-refractivity contribution in [2.75, 3.05) is 6.61 Å². The van der Waals surface area contributed by atoms with Gasteiger partial charge in [0.05, 0.1) is 11.6 Å². The summed E-state index contributed by atoms with van der Waals surface area (Å²) in [4.78, 5) is 16.7. The van der Waals surface area contributed by atoms with Gasteiger partial charge >= 0.3 is 6.03 Å². The zero-order valence-corrected chi connectivity index (χ0v) is 11.0. The highest BCUT2D eigenvalue weighted by Gasteiger charge is 2.09. The highest BCUT2D eigenvalue weighted by atomic mass is 32.1. The number of hydrogen-bond acceptors (Lipinski definition) is 4. The van der Waals surface area contributed by atoms with Gasteiger partial charge in [0.2, 0.25) is 0 Å². The van der Waals surface area contributed by atoms with Crippen molar-refractivity contribution in [2.24, 2.45) is 0 Å². The molecule has 17 heavy (non-hydrogen) atoms. The number of nitrogens with one attached hydrogen (secondary N) is 2. The van der Waals surface area contributed by atoms with E-state index in [9.17, 15) is 4.79 Å². The molecule has 0 spiro atoms. The lowest BCUT2D eigenvalue weighted by Crippen LogP contribution is -2.41. The molecule has 0 radical (unpaired) electrons. The van der Waals surface area contributed by atoms with Gasteiger partial charge in [0.15, 0.2) is 0 Å². The van der Waals surface area contributed by atoms with E-state index in [1.165, 1.54) is 0 Å². The summed E-state index contributed by atoms with van der Waals surface area (Å²) in [5.41, 5.74) is 0. The van der Waals surface area contributed by atoms with E-state index in [1.54, 1.807) is 17.5 Å². The lowest BCUT2D eigenvalue weighted by molar-refractivity contribution is 0.227.